The van der Waals surface area contributed by atoms with E-state index in [1.807, 2.05) is 61.0 Å². The molecule has 1 heterocycles. The summed E-state index contributed by atoms with van der Waals surface area (Å²) < 4.78 is 1.88. The molecule has 128 valence electrons. The normalized spacial score (nSPS) is 10.7. The van der Waals surface area contributed by atoms with Crippen LogP contribution < -0.4 is 5.32 Å². The molecule has 1 N–H and O–H groups in total. The molecule has 0 radical (unpaired) electrons. The van der Waals surface area contributed by atoms with Crippen LogP contribution in [0.25, 0.3) is 11.4 Å². The van der Waals surface area contributed by atoms with Crippen LogP contribution in [-0.2, 0) is 11.8 Å². The van der Waals surface area contributed by atoms with E-state index < -0.39 is 0 Å². The molecule has 0 bridgehead atoms. The van der Waals surface area contributed by atoms with Gasteiger partial charge >= 0.3 is 0 Å². The summed E-state index contributed by atoms with van der Waals surface area (Å²) in [7, 11) is 1.89. The molecule has 0 aliphatic rings. The van der Waals surface area contributed by atoms with Gasteiger partial charge in [0, 0.05) is 23.3 Å². The lowest BCUT2D eigenvalue weighted by Gasteiger charge is -2.07. The molecule has 0 fully saturated rings. The lowest BCUT2D eigenvalue weighted by Crippen LogP contribution is -2.14. The van der Waals surface area contributed by atoms with E-state index in [2.05, 4.69) is 15.5 Å². The Morgan fingerprint density at radius 2 is 1.96 bits per heavy atom. The molecule has 25 heavy (non-hydrogen) atoms. The smallest absolute Gasteiger partial charge is 0.234 e. The van der Waals surface area contributed by atoms with Crippen molar-refractivity contribution >= 4 is 35.0 Å². The lowest BCUT2D eigenvalue weighted by molar-refractivity contribution is -0.113. The number of amides is 1. The van der Waals surface area contributed by atoms with E-state index in [1.165, 1.54) is 11.8 Å². The first-order valence-electron chi connectivity index (χ1n) is 7.68. The van der Waals surface area contributed by atoms with Gasteiger partial charge in [-0.25, -0.2) is 0 Å². The second kappa shape index (κ2) is 7.72. The predicted molar refractivity (Wildman–Crippen MR) is 102 cm³/mol. The van der Waals surface area contributed by atoms with Gasteiger partial charge in [-0.05, 0) is 24.6 Å². The van der Waals surface area contributed by atoms with Crippen LogP contribution in [0.1, 0.15) is 5.56 Å². The first-order chi connectivity index (χ1) is 12.0. The number of benzene rings is 2. The number of carbonyl (C=O) groups excluding carboxylic acids is 1. The minimum atomic E-state index is -0.116. The second-order valence-corrected chi connectivity index (χ2v) is 6.88. The number of aromatic nitrogens is 3. The first-order valence-corrected chi connectivity index (χ1v) is 9.04. The van der Waals surface area contributed by atoms with Crippen LogP contribution >= 0.6 is 23.4 Å². The van der Waals surface area contributed by atoms with Crippen molar-refractivity contribution in [2.45, 2.75) is 12.1 Å². The Morgan fingerprint density at radius 1 is 1.20 bits per heavy atom. The summed E-state index contributed by atoms with van der Waals surface area (Å²) in [6, 6.07) is 15.3. The molecule has 0 saturated heterocycles. The fourth-order valence-electron chi connectivity index (χ4n) is 2.28. The maximum Gasteiger partial charge on any atom is 0.234 e. The quantitative estimate of drug-likeness (QED) is 0.683. The zero-order valence-corrected chi connectivity index (χ0v) is 15.4. The van der Waals surface area contributed by atoms with Crippen LogP contribution in [0.5, 0.6) is 0 Å². The third kappa shape index (κ3) is 4.21. The van der Waals surface area contributed by atoms with Gasteiger partial charge in [-0.1, -0.05) is 59.8 Å². The summed E-state index contributed by atoms with van der Waals surface area (Å²) in [6.45, 7) is 1.92. The number of carbonyl (C=O) groups is 1. The third-order valence-corrected chi connectivity index (χ3v) is 5.08. The van der Waals surface area contributed by atoms with Gasteiger partial charge in [0.05, 0.1) is 5.75 Å². The number of aryl methyl sites for hydroxylation is 1. The van der Waals surface area contributed by atoms with Crippen LogP contribution in [0.4, 0.5) is 5.69 Å². The minimum absolute atomic E-state index is 0.116. The van der Waals surface area contributed by atoms with Gasteiger partial charge in [-0.15, -0.1) is 10.2 Å². The van der Waals surface area contributed by atoms with Crippen molar-refractivity contribution < 1.29 is 4.79 Å². The van der Waals surface area contributed by atoms with Gasteiger partial charge < -0.3 is 9.88 Å². The van der Waals surface area contributed by atoms with E-state index in [0.29, 0.717) is 15.9 Å². The molecule has 0 unspecified atom stereocenters. The second-order valence-electron chi connectivity index (χ2n) is 5.53. The van der Waals surface area contributed by atoms with Crippen molar-refractivity contribution in [2.75, 3.05) is 11.1 Å². The molecular weight excluding hydrogens is 356 g/mol. The molecule has 3 rings (SSSR count). The van der Waals surface area contributed by atoms with Crippen LogP contribution in [0.3, 0.4) is 0 Å². The first kappa shape index (κ1) is 17.5. The summed E-state index contributed by atoms with van der Waals surface area (Å²) in [4.78, 5) is 12.1. The highest BCUT2D eigenvalue weighted by atomic mass is 35.5. The molecule has 0 saturated carbocycles. The molecule has 1 amide bonds. The van der Waals surface area contributed by atoms with Gasteiger partial charge in [-0.2, -0.15) is 0 Å². The molecular formula is C18H17ClN4OS. The van der Waals surface area contributed by atoms with Crippen molar-refractivity contribution in [3.63, 3.8) is 0 Å². The van der Waals surface area contributed by atoms with E-state index >= 15 is 0 Å². The van der Waals surface area contributed by atoms with Gasteiger partial charge in [0.2, 0.25) is 5.91 Å². The van der Waals surface area contributed by atoms with E-state index in [4.69, 9.17) is 11.6 Å². The minimum Gasteiger partial charge on any atom is -0.325 e. The number of halogens is 1. The zero-order valence-electron chi connectivity index (χ0n) is 13.9. The Balaban J connectivity index is 1.63. The van der Waals surface area contributed by atoms with Crippen LogP contribution in [-0.4, -0.2) is 26.4 Å². The van der Waals surface area contributed by atoms with Gasteiger partial charge in [0.1, 0.15) is 0 Å². The number of rotatable bonds is 5. The van der Waals surface area contributed by atoms with Crippen LogP contribution in [0.15, 0.2) is 53.7 Å². The van der Waals surface area contributed by atoms with Crippen molar-refractivity contribution in [3.8, 4) is 11.4 Å². The zero-order chi connectivity index (χ0) is 17.8. The Bertz CT molecular complexity index is 895. The van der Waals surface area contributed by atoms with E-state index in [1.54, 1.807) is 6.07 Å². The van der Waals surface area contributed by atoms with E-state index in [0.717, 1.165) is 17.0 Å². The average molecular weight is 373 g/mol. The number of hydrogen-bond acceptors (Lipinski definition) is 4. The Morgan fingerprint density at radius 3 is 2.68 bits per heavy atom. The van der Waals surface area contributed by atoms with E-state index in [-0.39, 0.29) is 11.7 Å². The Labute approximate surface area is 155 Å². The van der Waals surface area contributed by atoms with Crippen molar-refractivity contribution in [2.24, 2.45) is 7.05 Å². The van der Waals surface area contributed by atoms with Gasteiger partial charge in [0.25, 0.3) is 0 Å². The highest BCUT2D eigenvalue weighted by Gasteiger charge is 2.13. The maximum atomic E-state index is 12.1. The fraction of sp³-hybridized carbons (Fsp3) is 0.167. The monoisotopic (exact) mass is 372 g/mol. The molecule has 1 aromatic heterocycles. The molecule has 3 aromatic rings. The number of hydrogen-bond donors (Lipinski definition) is 1. The van der Waals surface area contributed by atoms with Crippen LogP contribution in [0.2, 0.25) is 5.02 Å². The summed E-state index contributed by atoms with van der Waals surface area (Å²) >= 11 is 7.42. The summed E-state index contributed by atoms with van der Waals surface area (Å²) in [5.74, 6) is 0.898. The summed E-state index contributed by atoms with van der Waals surface area (Å²) in [5, 5.41) is 12.5. The Hall–Kier alpha value is -2.31. The molecule has 0 spiro atoms. The SMILES string of the molecule is Cc1ccc(NC(=O)CSc2nnc(-c3ccccc3)n2C)cc1Cl. The van der Waals surface area contributed by atoms with Gasteiger partial charge in [-0.3, -0.25) is 4.79 Å². The third-order valence-electron chi connectivity index (χ3n) is 3.65. The van der Waals surface area contributed by atoms with Crippen molar-refractivity contribution in [1.82, 2.24) is 14.8 Å². The Kier molecular flexibility index (Phi) is 5.40. The van der Waals surface area contributed by atoms with Gasteiger partial charge in [0.15, 0.2) is 11.0 Å². The average Bonchev–Trinajstić information content (AvgIpc) is 2.98. The highest BCUT2D eigenvalue weighted by molar-refractivity contribution is 7.99. The number of anilines is 1. The highest BCUT2D eigenvalue weighted by Crippen LogP contribution is 2.23. The molecule has 5 nitrogen and oxygen atoms in total. The summed E-state index contributed by atoms with van der Waals surface area (Å²) in [6.07, 6.45) is 0. The number of thioether (sulfide) groups is 1. The fourth-order valence-corrected chi connectivity index (χ4v) is 3.17. The van der Waals surface area contributed by atoms with Crippen LogP contribution in [0, 0.1) is 6.92 Å². The molecule has 0 aliphatic heterocycles. The van der Waals surface area contributed by atoms with E-state index in [9.17, 15) is 4.79 Å². The summed E-state index contributed by atoms with van der Waals surface area (Å²) in [5.41, 5.74) is 2.65. The number of nitrogens with zero attached hydrogens (tertiary/aromatic N) is 3. The standard InChI is InChI=1S/C18H17ClN4OS/c1-12-8-9-14(10-15(12)19)20-16(24)11-25-18-22-21-17(23(18)2)13-6-4-3-5-7-13/h3-10H,11H2,1-2H3,(H,20,24). The predicted octanol–water partition coefficient (Wildman–Crippen LogP) is 4.17. The van der Waals surface area contributed by atoms with Crippen molar-refractivity contribution in [3.05, 3.63) is 59.1 Å². The molecule has 7 heteroatoms. The lowest BCUT2D eigenvalue weighted by atomic mass is 10.2. The largest absolute Gasteiger partial charge is 0.325 e. The molecule has 0 atom stereocenters. The topological polar surface area (TPSA) is 59.8 Å². The number of nitrogens with one attached hydrogen (secondary N) is 1. The maximum absolute atomic E-state index is 12.1. The van der Waals surface area contributed by atoms with Crippen molar-refractivity contribution in [1.29, 1.82) is 0 Å². The molecule has 0 aliphatic carbocycles. The molecule has 2 aromatic carbocycles.